The van der Waals surface area contributed by atoms with Crippen molar-refractivity contribution in [1.82, 2.24) is 5.32 Å². The van der Waals surface area contributed by atoms with E-state index in [2.05, 4.69) is 21.2 Å². The van der Waals surface area contributed by atoms with Crippen molar-refractivity contribution in [3.8, 4) is 0 Å². The van der Waals surface area contributed by atoms with Crippen LogP contribution in [0.25, 0.3) is 0 Å². The van der Waals surface area contributed by atoms with Crippen LogP contribution in [0.4, 0.5) is 17.1 Å². The molecule has 0 spiro atoms. The molecule has 3 aromatic rings. The van der Waals surface area contributed by atoms with Gasteiger partial charge in [0.25, 0.3) is 11.6 Å². The molecule has 1 atom stereocenters. The van der Waals surface area contributed by atoms with Gasteiger partial charge < -0.3 is 10.2 Å². The Morgan fingerprint density at radius 2 is 1.63 bits per heavy atom. The van der Waals surface area contributed by atoms with E-state index in [1.54, 1.807) is 30.3 Å². The number of hydrogen-bond acceptors (Lipinski definition) is 4. The molecule has 4 rings (SSSR count). The maximum Gasteiger partial charge on any atom is 0.276 e. The Morgan fingerprint density at radius 1 is 0.963 bits per heavy atom. The lowest BCUT2D eigenvalue weighted by molar-refractivity contribution is -0.385. The molecule has 1 amide bonds. The zero-order chi connectivity index (χ0) is 19.0. The Morgan fingerprint density at radius 3 is 2.37 bits per heavy atom. The molecule has 1 N–H and O–H groups in total. The maximum absolute atomic E-state index is 12.7. The van der Waals surface area contributed by atoms with Gasteiger partial charge in [0.05, 0.1) is 21.7 Å². The number of nitro benzene ring substituents is 1. The lowest BCUT2D eigenvalue weighted by atomic mass is 10.0. The quantitative estimate of drug-likeness (QED) is 0.478. The SMILES string of the molecule is O=C1NC(c2ccccc2[N+](=O)[O-])N(c2ccc(Br)cc2)c2ccccc21. The van der Waals surface area contributed by atoms with Gasteiger partial charge in [-0.05, 0) is 42.5 Å². The minimum absolute atomic E-state index is 0.0377. The highest BCUT2D eigenvalue weighted by Crippen LogP contribution is 2.41. The van der Waals surface area contributed by atoms with E-state index < -0.39 is 11.1 Å². The summed E-state index contributed by atoms with van der Waals surface area (Å²) in [6.45, 7) is 0. The minimum Gasteiger partial charge on any atom is -0.327 e. The van der Waals surface area contributed by atoms with Gasteiger partial charge in [-0.15, -0.1) is 0 Å². The molecule has 6 nitrogen and oxygen atoms in total. The van der Waals surface area contributed by atoms with Crippen LogP contribution in [0.3, 0.4) is 0 Å². The van der Waals surface area contributed by atoms with Gasteiger partial charge in [0.1, 0.15) is 6.17 Å². The molecule has 0 radical (unpaired) electrons. The van der Waals surface area contributed by atoms with Crippen LogP contribution >= 0.6 is 15.9 Å². The van der Waals surface area contributed by atoms with Crippen molar-refractivity contribution in [2.24, 2.45) is 0 Å². The third-order valence-electron chi connectivity index (χ3n) is 4.47. The van der Waals surface area contributed by atoms with E-state index in [9.17, 15) is 14.9 Å². The monoisotopic (exact) mass is 423 g/mol. The number of para-hydroxylation sites is 2. The van der Waals surface area contributed by atoms with Crippen LogP contribution in [-0.4, -0.2) is 10.8 Å². The summed E-state index contributed by atoms with van der Waals surface area (Å²) in [5.41, 5.74) is 2.42. The molecule has 0 saturated heterocycles. The van der Waals surface area contributed by atoms with Crippen molar-refractivity contribution in [3.05, 3.63) is 98.5 Å². The van der Waals surface area contributed by atoms with E-state index in [0.29, 0.717) is 16.8 Å². The molecule has 0 saturated carbocycles. The second-order valence-electron chi connectivity index (χ2n) is 6.06. The smallest absolute Gasteiger partial charge is 0.276 e. The lowest BCUT2D eigenvalue weighted by Gasteiger charge is -2.39. The Bertz CT molecular complexity index is 1040. The topological polar surface area (TPSA) is 75.5 Å². The van der Waals surface area contributed by atoms with E-state index in [0.717, 1.165) is 10.2 Å². The summed E-state index contributed by atoms with van der Waals surface area (Å²) in [6.07, 6.45) is -0.699. The van der Waals surface area contributed by atoms with Crippen LogP contribution in [0.2, 0.25) is 0 Å². The molecule has 7 heteroatoms. The Balaban J connectivity index is 1.94. The van der Waals surface area contributed by atoms with Crippen LogP contribution in [-0.2, 0) is 0 Å². The van der Waals surface area contributed by atoms with Crippen molar-refractivity contribution in [2.75, 3.05) is 4.90 Å². The third kappa shape index (κ3) is 3.06. The van der Waals surface area contributed by atoms with Crippen molar-refractivity contribution >= 4 is 38.9 Å². The molecule has 1 unspecified atom stereocenters. The number of amides is 1. The number of nitrogens with zero attached hydrogens (tertiary/aromatic N) is 2. The lowest BCUT2D eigenvalue weighted by Crippen LogP contribution is -2.44. The average Bonchev–Trinajstić information content (AvgIpc) is 2.69. The summed E-state index contributed by atoms with van der Waals surface area (Å²) in [4.78, 5) is 25.7. The summed E-state index contributed by atoms with van der Waals surface area (Å²) >= 11 is 3.42. The first-order valence-corrected chi connectivity index (χ1v) is 9.03. The number of benzene rings is 3. The third-order valence-corrected chi connectivity index (χ3v) is 5.00. The number of nitro groups is 1. The molecule has 1 aliphatic rings. The van der Waals surface area contributed by atoms with E-state index in [1.807, 2.05) is 41.3 Å². The fraction of sp³-hybridized carbons (Fsp3) is 0.0500. The first kappa shape index (κ1) is 17.2. The normalized spacial score (nSPS) is 15.8. The van der Waals surface area contributed by atoms with Gasteiger partial charge in [-0.3, -0.25) is 14.9 Å². The fourth-order valence-electron chi connectivity index (χ4n) is 3.27. The fourth-order valence-corrected chi connectivity index (χ4v) is 3.54. The van der Waals surface area contributed by atoms with Gasteiger partial charge in [-0.25, -0.2) is 0 Å². The highest BCUT2D eigenvalue weighted by molar-refractivity contribution is 9.10. The van der Waals surface area contributed by atoms with Gasteiger partial charge in [0.15, 0.2) is 0 Å². The minimum atomic E-state index is -0.699. The van der Waals surface area contributed by atoms with E-state index in [1.165, 1.54) is 6.07 Å². The number of nitrogens with one attached hydrogen (secondary N) is 1. The first-order chi connectivity index (χ1) is 13.1. The molecule has 1 aliphatic heterocycles. The molecule has 0 aliphatic carbocycles. The van der Waals surface area contributed by atoms with Gasteiger partial charge >= 0.3 is 0 Å². The highest BCUT2D eigenvalue weighted by atomic mass is 79.9. The predicted molar refractivity (Wildman–Crippen MR) is 106 cm³/mol. The second-order valence-corrected chi connectivity index (χ2v) is 6.97. The average molecular weight is 424 g/mol. The summed E-state index contributed by atoms with van der Waals surface area (Å²) in [7, 11) is 0. The van der Waals surface area contributed by atoms with E-state index in [-0.39, 0.29) is 11.6 Å². The zero-order valence-corrected chi connectivity index (χ0v) is 15.6. The number of rotatable bonds is 3. The number of fused-ring (bicyclic) bond motifs is 1. The van der Waals surface area contributed by atoms with Crippen LogP contribution < -0.4 is 10.2 Å². The van der Waals surface area contributed by atoms with E-state index in [4.69, 9.17) is 0 Å². The maximum atomic E-state index is 12.7. The summed E-state index contributed by atoms with van der Waals surface area (Å²) in [5, 5.41) is 14.5. The number of carbonyl (C=O) groups is 1. The molecular weight excluding hydrogens is 410 g/mol. The molecule has 1 heterocycles. The molecule has 3 aromatic carbocycles. The summed E-state index contributed by atoms with van der Waals surface area (Å²) < 4.78 is 0.919. The second kappa shape index (κ2) is 6.85. The van der Waals surface area contributed by atoms with Crippen LogP contribution in [0.5, 0.6) is 0 Å². The number of halogens is 1. The largest absolute Gasteiger partial charge is 0.327 e. The van der Waals surface area contributed by atoms with Crippen LogP contribution in [0.15, 0.2) is 77.3 Å². The Hall–Kier alpha value is -3.19. The van der Waals surface area contributed by atoms with Crippen molar-refractivity contribution < 1.29 is 9.72 Å². The van der Waals surface area contributed by atoms with E-state index >= 15 is 0 Å². The number of hydrogen-bond donors (Lipinski definition) is 1. The summed E-state index contributed by atoms with van der Waals surface area (Å²) in [6, 6.07) is 21.3. The van der Waals surface area contributed by atoms with Crippen molar-refractivity contribution in [2.45, 2.75) is 6.17 Å². The Labute approximate surface area is 163 Å². The molecule has 0 fully saturated rings. The zero-order valence-electron chi connectivity index (χ0n) is 14.0. The van der Waals surface area contributed by atoms with Crippen LogP contribution in [0.1, 0.15) is 22.1 Å². The number of anilines is 2. The Kier molecular flexibility index (Phi) is 4.37. The molecule has 0 bridgehead atoms. The molecule has 27 heavy (non-hydrogen) atoms. The highest BCUT2D eigenvalue weighted by Gasteiger charge is 2.35. The first-order valence-electron chi connectivity index (χ1n) is 8.24. The van der Waals surface area contributed by atoms with Crippen LogP contribution in [0, 0.1) is 10.1 Å². The van der Waals surface area contributed by atoms with Crippen molar-refractivity contribution in [3.63, 3.8) is 0 Å². The van der Waals surface area contributed by atoms with Gasteiger partial charge in [-0.1, -0.05) is 40.2 Å². The molecule has 0 aromatic heterocycles. The molecule has 134 valence electrons. The summed E-state index contributed by atoms with van der Waals surface area (Å²) in [5.74, 6) is -0.262. The predicted octanol–water partition coefficient (Wildman–Crippen LogP) is 4.94. The van der Waals surface area contributed by atoms with Gasteiger partial charge in [0.2, 0.25) is 0 Å². The van der Waals surface area contributed by atoms with Crippen molar-refractivity contribution in [1.29, 1.82) is 0 Å². The standard InChI is InChI=1S/C20H14BrN3O3/c21-13-9-11-14(12-10-13)23-17-7-3-2-6-16(17)20(25)22-19(23)15-5-1-4-8-18(15)24(26)27/h1-12,19H,(H,22,25). The number of carbonyl (C=O) groups excluding carboxylic acids is 1. The molecular formula is C20H14BrN3O3. The van der Waals surface area contributed by atoms with Gasteiger partial charge in [0, 0.05) is 16.2 Å². The van der Waals surface area contributed by atoms with Gasteiger partial charge in [-0.2, -0.15) is 0 Å².